The highest BCUT2D eigenvalue weighted by molar-refractivity contribution is 5.81. The van der Waals surface area contributed by atoms with Crippen molar-refractivity contribution < 1.29 is 0 Å². The first kappa shape index (κ1) is 9.32. The van der Waals surface area contributed by atoms with Crippen LogP contribution in [0.25, 0.3) is 10.9 Å². The fourth-order valence-electron chi connectivity index (χ4n) is 1.86. The molecule has 0 bridgehead atoms. The molecule has 0 N–H and O–H groups in total. The molecule has 0 saturated carbocycles. The van der Waals surface area contributed by atoms with Gasteiger partial charge in [0, 0.05) is 17.8 Å². The van der Waals surface area contributed by atoms with Crippen LogP contribution in [0.5, 0.6) is 0 Å². The largest absolute Gasteiger partial charge is 0.345 e. The van der Waals surface area contributed by atoms with Gasteiger partial charge in [-0.3, -0.25) is 0 Å². The summed E-state index contributed by atoms with van der Waals surface area (Å²) in [5, 5.41) is 1.34. The molecule has 0 radical (unpaired) electrons. The van der Waals surface area contributed by atoms with Crippen LogP contribution in [0, 0.1) is 0 Å². The molecule has 1 aromatic heterocycles. The van der Waals surface area contributed by atoms with Gasteiger partial charge in [0.25, 0.3) is 0 Å². The van der Waals surface area contributed by atoms with Crippen LogP contribution in [0.3, 0.4) is 0 Å². The van der Waals surface area contributed by atoms with E-state index in [0.717, 1.165) is 6.42 Å². The summed E-state index contributed by atoms with van der Waals surface area (Å²) < 4.78 is 2.33. The van der Waals surface area contributed by atoms with Crippen LogP contribution in [0.4, 0.5) is 0 Å². The summed E-state index contributed by atoms with van der Waals surface area (Å²) in [7, 11) is 0. The second-order valence-corrected chi connectivity index (χ2v) is 4.06. The molecule has 2 rings (SSSR count). The highest BCUT2D eigenvalue weighted by Crippen LogP contribution is 2.21. The number of aromatic nitrogens is 1. The van der Waals surface area contributed by atoms with Gasteiger partial charge in [-0.25, -0.2) is 0 Å². The van der Waals surface area contributed by atoms with Gasteiger partial charge in [0.1, 0.15) is 0 Å². The third kappa shape index (κ3) is 1.43. The molecule has 0 amide bonds. The molecule has 14 heavy (non-hydrogen) atoms. The quantitative estimate of drug-likeness (QED) is 0.674. The smallest absolute Gasteiger partial charge is 0.0485 e. The zero-order chi connectivity index (χ0) is 10.1. The lowest BCUT2D eigenvalue weighted by Crippen LogP contribution is -1.98. The zero-order valence-corrected chi connectivity index (χ0v) is 9.12. The standard InChI is InChI=1S/C13H17N/c1-4-11-5-6-12-7-8-14(10(2)3)13(12)9-11/h5-10H,4H2,1-3H3. The van der Waals surface area contributed by atoms with E-state index < -0.39 is 0 Å². The van der Waals surface area contributed by atoms with E-state index in [0.29, 0.717) is 6.04 Å². The molecular weight excluding hydrogens is 170 g/mol. The molecule has 74 valence electrons. The minimum atomic E-state index is 0.541. The lowest BCUT2D eigenvalue weighted by atomic mass is 10.1. The third-order valence-corrected chi connectivity index (χ3v) is 2.75. The molecule has 1 heterocycles. The van der Waals surface area contributed by atoms with Gasteiger partial charge in [-0.05, 0) is 43.4 Å². The Bertz CT molecular complexity index is 437. The van der Waals surface area contributed by atoms with E-state index in [1.54, 1.807) is 0 Å². The summed E-state index contributed by atoms with van der Waals surface area (Å²) in [5.41, 5.74) is 2.78. The van der Waals surface area contributed by atoms with Crippen molar-refractivity contribution >= 4 is 10.9 Å². The van der Waals surface area contributed by atoms with Crippen LogP contribution in [0.1, 0.15) is 32.4 Å². The number of nitrogens with zero attached hydrogens (tertiary/aromatic N) is 1. The summed E-state index contributed by atoms with van der Waals surface area (Å²) in [4.78, 5) is 0. The molecule has 0 fully saturated rings. The number of rotatable bonds is 2. The average Bonchev–Trinajstić information content (AvgIpc) is 2.59. The van der Waals surface area contributed by atoms with E-state index in [-0.39, 0.29) is 0 Å². The number of hydrogen-bond acceptors (Lipinski definition) is 0. The SMILES string of the molecule is CCc1ccc2ccn(C(C)C)c2c1. The molecule has 1 heteroatoms. The molecule has 0 saturated heterocycles. The Morgan fingerprint density at radius 1 is 1.21 bits per heavy atom. The molecule has 0 spiro atoms. The first-order valence-electron chi connectivity index (χ1n) is 5.32. The molecule has 0 unspecified atom stereocenters. The summed E-state index contributed by atoms with van der Waals surface area (Å²) in [6.45, 7) is 6.64. The third-order valence-electron chi connectivity index (χ3n) is 2.75. The highest BCUT2D eigenvalue weighted by atomic mass is 15.0. The first-order chi connectivity index (χ1) is 6.72. The highest BCUT2D eigenvalue weighted by Gasteiger charge is 2.03. The van der Waals surface area contributed by atoms with Gasteiger partial charge < -0.3 is 4.57 Å². The Morgan fingerprint density at radius 2 is 2.00 bits per heavy atom. The predicted molar refractivity (Wildman–Crippen MR) is 61.7 cm³/mol. The molecule has 1 aromatic carbocycles. The topological polar surface area (TPSA) is 4.93 Å². The van der Waals surface area contributed by atoms with Gasteiger partial charge in [-0.2, -0.15) is 0 Å². The predicted octanol–water partition coefficient (Wildman–Crippen LogP) is 3.78. The van der Waals surface area contributed by atoms with Crippen molar-refractivity contribution in [1.29, 1.82) is 0 Å². The Morgan fingerprint density at radius 3 is 2.64 bits per heavy atom. The van der Waals surface area contributed by atoms with Crippen LogP contribution in [0.2, 0.25) is 0 Å². The monoisotopic (exact) mass is 187 g/mol. The molecule has 0 atom stereocenters. The number of hydrogen-bond donors (Lipinski definition) is 0. The second kappa shape index (κ2) is 3.49. The van der Waals surface area contributed by atoms with Crippen LogP contribution in [-0.4, -0.2) is 4.57 Å². The lowest BCUT2D eigenvalue weighted by Gasteiger charge is -2.09. The maximum absolute atomic E-state index is 2.33. The van der Waals surface area contributed by atoms with Crippen LogP contribution in [0.15, 0.2) is 30.5 Å². The van der Waals surface area contributed by atoms with Crippen molar-refractivity contribution in [3.05, 3.63) is 36.0 Å². The fraction of sp³-hybridized carbons (Fsp3) is 0.385. The van der Waals surface area contributed by atoms with E-state index in [1.807, 2.05) is 0 Å². The molecular formula is C13H17N. The van der Waals surface area contributed by atoms with E-state index in [1.165, 1.54) is 16.5 Å². The van der Waals surface area contributed by atoms with Crippen molar-refractivity contribution in [3.8, 4) is 0 Å². The summed E-state index contributed by atoms with van der Waals surface area (Å²) in [6, 6.07) is 9.46. The average molecular weight is 187 g/mol. The Hall–Kier alpha value is -1.24. The van der Waals surface area contributed by atoms with E-state index in [2.05, 4.69) is 55.8 Å². The van der Waals surface area contributed by atoms with Crippen LogP contribution < -0.4 is 0 Å². The van der Waals surface area contributed by atoms with Gasteiger partial charge in [-0.1, -0.05) is 19.1 Å². The molecule has 0 aliphatic carbocycles. The molecule has 0 aliphatic heterocycles. The van der Waals surface area contributed by atoms with E-state index in [9.17, 15) is 0 Å². The van der Waals surface area contributed by atoms with Crippen molar-refractivity contribution in [2.75, 3.05) is 0 Å². The van der Waals surface area contributed by atoms with E-state index in [4.69, 9.17) is 0 Å². The maximum Gasteiger partial charge on any atom is 0.0485 e. The van der Waals surface area contributed by atoms with Crippen LogP contribution in [-0.2, 0) is 6.42 Å². The molecule has 1 nitrogen and oxygen atoms in total. The van der Waals surface area contributed by atoms with Gasteiger partial charge in [0.15, 0.2) is 0 Å². The second-order valence-electron chi connectivity index (χ2n) is 4.06. The van der Waals surface area contributed by atoms with Gasteiger partial charge in [0.2, 0.25) is 0 Å². The Balaban J connectivity index is 2.63. The Kier molecular flexibility index (Phi) is 2.32. The zero-order valence-electron chi connectivity index (χ0n) is 9.12. The van der Waals surface area contributed by atoms with Crippen molar-refractivity contribution in [1.82, 2.24) is 4.57 Å². The number of aryl methyl sites for hydroxylation is 1. The normalized spacial score (nSPS) is 11.4. The number of benzene rings is 1. The first-order valence-corrected chi connectivity index (χ1v) is 5.32. The summed E-state index contributed by atoms with van der Waals surface area (Å²) in [6.07, 6.45) is 3.29. The summed E-state index contributed by atoms with van der Waals surface area (Å²) in [5.74, 6) is 0. The van der Waals surface area contributed by atoms with Crippen molar-refractivity contribution in [2.45, 2.75) is 33.2 Å². The minimum Gasteiger partial charge on any atom is -0.345 e. The van der Waals surface area contributed by atoms with Crippen LogP contribution >= 0.6 is 0 Å². The fourth-order valence-corrected chi connectivity index (χ4v) is 1.86. The number of fused-ring (bicyclic) bond motifs is 1. The molecule has 0 aliphatic rings. The van der Waals surface area contributed by atoms with Gasteiger partial charge >= 0.3 is 0 Å². The maximum atomic E-state index is 2.33. The Labute approximate surface area is 85.4 Å². The lowest BCUT2D eigenvalue weighted by molar-refractivity contribution is 0.623. The van der Waals surface area contributed by atoms with Crippen molar-refractivity contribution in [2.24, 2.45) is 0 Å². The molecule has 2 aromatic rings. The minimum absolute atomic E-state index is 0.541. The van der Waals surface area contributed by atoms with Gasteiger partial charge in [-0.15, -0.1) is 0 Å². The summed E-state index contributed by atoms with van der Waals surface area (Å²) >= 11 is 0. The van der Waals surface area contributed by atoms with Gasteiger partial charge in [0.05, 0.1) is 0 Å². The van der Waals surface area contributed by atoms with E-state index >= 15 is 0 Å². The van der Waals surface area contributed by atoms with Crippen molar-refractivity contribution in [3.63, 3.8) is 0 Å².